The molecule has 154 valence electrons. The van der Waals surface area contributed by atoms with E-state index in [1.165, 1.54) is 0 Å². The number of hydrogen-bond acceptors (Lipinski definition) is 4. The van der Waals surface area contributed by atoms with Crippen molar-refractivity contribution in [1.82, 2.24) is 5.32 Å². The second kappa shape index (κ2) is 7.29. The van der Waals surface area contributed by atoms with Gasteiger partial charge in [-0.05, 0) is 36.2 Å². The van der Waals surface area contributed by atoms with Gasteiger partial charge >= 0.3 is 0 Å². The van der Waals surface area contributed by atoms with Crippen molar-refractivity contribution in [2.45, 2.75) is 18.1 Å². The Labute approximate surface area is 175 Å². The van der Waals surface area contributed by atoms with Gasteiger partial charge in [-0.15, -0.1) is 0 Å². The van der Waals surface area contributed by atoms with Crippen molar-refractivity contribution in [2.75, 3.05) is 25.1 Å². The molecule has 1 N–H and O–H groups in total. The number of rotatable bonds is 6. The zero-order valence-corrected chi connectivity index (χ0v) is 16.8. The van der Waals surface area contributed by atoms with Crippen LogP contribution in [-0.2, 0) is 20.7 Å². The fourth-order valence-electron chi connectivity index (χ4n) is 4.86. The van der Waals surface area contributed by atoms with Crippen molar-refractivity contribution in [3.8, 4) is 5.75 Å². The molecule has 0 unspecified atom stereocenters. The van der Waals surface area contributed by atoms with Crippen LogP contribution in [0.4, 0.5) is 5.69 Å². The van der Waals surface area contributed by atoms with Crippen LogP contribution in [0, 0.1) is 11.8 Å². The molecule has 6 nitrogen and oxygen atoms in total. The molecule has 0 saturated carbocycles. The van der Waals surface area contributed by atoms with Crippen molar-refractivity contribution >= 4 is 17.5 Å². The van der Waals surface area contributed by atoms with Crippen LogP contribution >= 0.6 is 0 Å². The van der Waals surface area contributed by atoms with Gasteiger partial charge in [-0.25, -0.2) is 0 Å². The van der Waals surface area contributed by atoms with Crippen molar-refractivity contribution in [3.63, 3.8) is 0 Å². The predicted octanol–water partition coefficient (Wildman–Crippen LogP) is 2.34. The van der Waals surface area contributed by atoms with Crippen molar-refractivity contribution in [2.24, 2.45) is 11.8 Å². The van der Waals surface area contributed by atoms with Crippen LogP contribution in [0.3, 0.4) is 0 Å². The molecule has 0 aliphatic carbocycles. The second-order valence-electron chi connectivity index (χ2n) is 8.05. The van der Waals surface area contributed by atoms with Crippen molar-refractivity contribution < 1.29 is 19.1 Å². The Kier molecular flexibility index (Phi) is 4.59. The molecule has 0 radical (unpaired) electrons. The average Bonchev–Trinajstić information content (AvgIpc) is 3.43. The molecule has 30 heavy (non-hydrogen) atoms. The normalized spacial score (nSPS) is 28.6. The Balaban J connectivity index is 1.27. The van der Waals surface area contributed by atoms with E-state index in [0.717, 1.165) is 17.0 Å². The minimum Gasteiger partial charge on any atom is -0.497 e. The largest absolute Gasteiger partial charge is 0.497 e. The first-order chi connectivity index (χ1) is 14.6. The van der Waals surface area contributed by atoms with Gasteiger partial charge in [-0.1, -0.05) is 42.5 Å². The van der Waals surface area contributed by atoms with Crippen LogP contribution in [0.1, 0.15) is 5.56 Å². The Hall–Kier alpha value is -3.12. The van der Waals surface area contributed by atoms with Gasteiger partial charge in [0, 0.05) is 12.2 Å². The molecule has 3 aliphatic rings. The minimum absolute atomic E-state index is 0.0386. The van der Waals surface area contributed by atoms with Gasteiger partial charge in [0.15, 0.2) is 0 Å². The molecule has 5 rings (SSSR count). The van der Waals surface area contributed by atoms with E-state index < -0.39 is 17.4 Å². The quantitative estimate of drug-likeness (QED) is 0.751. The number of anilines is 1. The summed E-state index contributed by atoms with van der Waals surface area (Å²) in [6.07, 6.45) is 4.29. The molecule has 2 saturated heterocycles. The lowest BCUT2D eigenvalue weighted by molar-refractivity contribution is -0.131. The summed E-state index contributed by atoms with van der Waals surface area (Å²) >= 11 is 0. The van der Waals surface area contributed by atoms with Gasteiger partial charge < -0.3 is 19.7 Å². The topological polar surface area (TPSA) is 67.9 Å². The number of benzene rings is 2. The molecule has 2 fully saturated rings. The fourth-order valence-corrected chi connectivity index (χ4v) is 4.86. The Morgan fingerprint density at radius 1 is 1.20 bits per heavy atom. The number of nitrogens with zero attached hydrogens (tertiary/aromatic N) is 1. The molecule has 2 amide bonds. The second-order valence-corrected chi connectivity index (χ2v) is 8.05. The number of amides is 2. The van der Waals surface area contributed by atoms with Gasteiger partial charge in [0.25, 0.3) is 0 Å². The molecule has 3 aliphatic heterocycles. The van der Waals surface area contributed by atoms with Gasteiger partial charge in [0.1, 0.15) is 11.4 Å². The molecular formula is C24H24N2O4. The first-order valence-corrected chi connectivity index (χ1v) is 10.3. The highest BCUT2D eigenvalue weighted by molar-refractivity contribution is 6.03. The lowest BCUT2D eigenvalue weighted by Crippen LogP contribution is -2.44. The smallest absolute Gasteiger partial charge is 0.234 e. The molecule has 1 spiro atoms. The van der Waals surface area contributed by atoms with Crippen molar-refractivity contribution in [3.05, 3.63) is 72.3 Å². The van der Waals surface area contributed by atoms with Gasteiger partial charge in [0.05, 0.1) is 31.6 Å². The number of carbonyl (C=O) groups is 2. The summed E-state index contributed by atoms with van der Waals surface area (Å²) in [5, 5.41) is 3.02. The predicted molar refractivity (Wildman–Crippen MR) is 112 cm³/mol. The summed E-state index contributed by atoms with van der Waals surface area (Å²) in [4.78, 5) is 28.0. The highest BCUT2D eigenvalue weighted by atomic mass is 16.5. The number of carbonyl (C=O) groups excluding carboxylic acids is 2. The highest BCUT2D eigenvalue weighted by Crippen LogP contribution is 2.52. The lowest BCUT2D eigenvalue weighted by atomic mass is 9.77. The average molecular weight is 404 g/mol. The fraction of sp³-hybridized carbons (Fsp3) is 0.333. The van der Waals surface area contributed by atoms with E-state index in [2.05, 4.69) is 5.32 Å². The number of ether oxygens (including phenoxy) is 2. The minimum atomic E-state index is -0.699. The Bertz CT molecular complexity index is 988. The molecule has 0 aromatic heterocycles. The molecule has 2 aromatic rings. The maximum Gasteiger partial charge on any atom is 0.234 e. The summed E-state index contributed by atoms with van der Waals surface area (Å²) in [7, 11) is 1.64. The zero-order chi connectivity index (χ0) is 20.7. The first kappa shape index (κ1) is 18.9. The van der Waals surface area contributed by atoms with Crippen LogP contribution in [-0.4, -0.2) is 43.7 Å². The van der Waals surface area contributed by atoms with Crippen LogP contribution < -0.4 is 15.0 Å². The Morgan fingerprint density at radius 2 is 1.97 bits per heavy atom. The van der Waals surface area contributed by atoms with E-state index in [4.69, 9.17) is 9.47 Å². The van der Waals surface area contributed by atoms with Crippen LogP contribution in [0.2, 0.25) is 0 Å². The molecule has 4 atom stereocenters. The molecule has 2 bridgehead atoms. The summed E-state index contributed by atoms with van der Waals surface area (Å²) < 4.78 is 11.4. The number of methoxy groups -OCH3 is 1. The Morgan fingerprint density at radius 3 is 2.70 bits per heavy atom. The third-order valence-corrected chi connectivity index (χ3v) is 6.34. The monoisotopic (exact) mass is 404 g/mol. The summed E-state index contributed by atoms with van der Waals surface area (Å²) in [6.45, 7) is 0.956. The third kappa shape index (κ3) is 2.99. The van der Waals surface area contributed by atoms with Crippen molar-refractivity contribution in [1.29, 1.82) is 0 Å². The van der Waals surface area contributed by atoms with E-state index in [-0.39, 0.29) is 17.9 Å². The number of fused-ring (bicyclic) bond motifs is 1. The van der Waals surface area contributed by atoms with E-state index in [9.17, 15) is 9.59 Å². The van der Waals surface area contributed by atoms with E-state index >= 15 is 0 Å². The zero-order valence-electron chi connectivity index (χ0n) is 16.8. The molecule has 2 aromatic carbocycles. The van der Waals surface area contributed by atoms with Crippen LogP contribution in [0.5, 0.6) is 5.75 Å². The standard InChI is InChI=1S/C24H24N2O4/c1-29-18-9-7-16(8-10-18)12-14-25-22(27)20-19-11-13-24(30-19)15-26(23(28)21(20)24)17-5-3-2-4-6-17/h2-11,13,19-21H,12,14-15H2,1H3,(H,25,27)/t19-,20-,21-,24-/m1/s1. The van der Waals surface area contributed by atoms with Crippen LogP contribution in [0.15, 0.2) is 66.7 Å². The van der Waals surface area contributed by atoms with E-state index in [0.29, 0.717) is 19.5 Å². The van der Waals surface area contributed by atoms with Crippen LogP contribution in [0.25, 0.3) is 0 Å². The number of nitrogens with one attached hydrogen (secondary N) is 1. The molecule has 3 heterocycles. The SMILES string of the molecule is COc1ccc(CCNC(=O)[C@@H]2[C@H]3C=C[C@]4(CN(c5ccccc5)C(=O)[C@@H]24)O3)cc1. The third-order valence-electron chi connectivity index (χ3n) is 6.34. The summed E-state index contributed by atoms with van der Waals surface area (Å²) in [5.74, 6) is -0.321. The van der Waals surface area contributed by atoms with E-state index in [1.807, 2.05) is 66.7 Å². The first-order valence-electron chi connectivity index (χ1n) is 10.3. The van der Waals surface area contributed by atoms with E-state index in [1.54, 1.807) is 12.0 Å². The van der Waals surface area contributed by atoms with Gasteiger partial charge in [0.2, 0.25) is 11.8 Å². The molecular weight excluding hydrogens is 380 g/mol. The van der Waals surface area contributed by atoms with Gasteiger partial charge in [-0.2, -0.15) is 0 Å². The lowest BCUT2D eigenvalue weighted by Gasteiger charge is -2.23. The summed E-state index contributed by atoms with van der Waals surface area (Å²) in [5.41, 5.74) is 1.25. The molecule has 6 heteroatoms. The number of para-hydroxylation sites is 1. The maximum absolute atomic E-state index is 13.3. The highest BCUT2D eigenvalue weighted by Gasteiger charge is 2.66. The summed E-state index contributed by atoms with van der Waals surface area (Å²) in [6, 6.07) is 17.4. The maximum atomic E-state index is 13.3. The van der Waals surface area contributed by atoms with Gasteiger partial charge in [-0.3, -0.25) is 9.59 Å². The number of hydrogen-bond donors (Lipinski definition) is 1.